The highest BCUT2D eigenvalue weighted by atomic mass is 16.4. The molecule has 1 aromatic carbocycles. The SMILES string of the molecule is CCCc1ccc(-c2nnc(-c3nc(-c4ccnc(C(C)(C)C#N)c4)cnc3N)o2)cc1. The van der Waals surface area contributed by atoms with Crippen molar-refractivity contribution in [2.45, 2.75) is 39.0 Å². The molecule has 0 saturated heterocycles. The summed E-state index contributed by atoms with van der Waals surface area (Å²) in [6, 6.07) is 13.9. The van der Waals surface area contributed by atoms with E-state index in [-0.39, 0.29) is 11.7 Å². The van der Waals surface area contributed by atoms with Gasteiger partial charge in [-0.2, -0.15) is 5.26 Å². The van der Waals surface area contributed by atoms with Gasteiger partial charge in [-0.1, -0.05) is 25.5 Å². The molecule has 0 spiro atoms. The molecule has 3 heterocycles. The van der Waals surface area contributed by atoms with Crippen molar-refractivity contribution >= 4 is 5.82 Å². The lowest BCUT2D eigenvalue weighted by Gasteiger charge is -2.15. The fraction of sp³-hybridized carbons (Fsp3) is 0.250. The van der Waals surface area contributed by atoms with Crippen LogP contribution < -0.4 is 5.73 Å². The summed E-state index contributed by atoms with van der Waals surface area (Å²) in [5, 5.41) is 17.7. The van der Waals surface area contributed by atoms with E-state index in [2.05, 4.69) is 50.3 Å². The maximum Gasteiger partial charge on any atom is 0.270 e. The molecule has 8 nitrogen and oxygen atoms in total. The van der Waals surface area contributed by atoms with Crippen molar-refractivity contribution < 1.29 is 4.42 Å². The molecular weight excluding hydrogens is 402 g/mol. The minimum absolute atomic E-state index is 0.189. The van der Waals surface area contributed by atoms with Crippen LogP contribution in [0.5, 0.6) is 0 Å². The van der Waals surface area contributed by atoms with Crippen LogP contribution >= 0.6 is 0 Å². The monoisotopic (exact) mass is 425 g/mol. The summed E-state index contributed by atoms with van der Waals surface area (Å²) in [4.78, 5) is 13.2. The molecule has 0 amide bonds. The third-order valence-corrected chi connectivity index (χ3v) is 5.14. The molecule has 160 valence electrons. The minimum Gasteiger partial charge on any atom is -0.414 e. The van der Waals surface area contributed by atoms with Crippen molar-refractivity contribution in [3.05, 3.63) is 60.0 Å². The van der Waals surface area contributed by atoms with E-state index >= 15 is 0 Å². The Hall–Kier alpha value is -4.12. The lowest BCUT2D eigenvalue weighted by atomic mass is 9.90. The van der Waals surface area contributed by atoms with Crippen LogP contribution in [0.15, 0.2) is 53.2 Å². The Balaban J connectivity index is 1.68. The van der Waals surface area contributed by atoms with E-state index in [1.807, 2.05) is 32.0 Å². The smallest absolute Gasteiger partial charge is 0.270 e. The summed E-state index contributed by atoms with van der Waals surface area (Å²) in [6.07, 6.45) is 5.33. The predicted molar refractivity (Wildman–Crippen MR) is 121 cm³/mol. The number of rotatable bonds is 6. The number of pyridine rings is 1. The average Bonchev–Trinajstić information content (AvgIpc) is 3.30. The van der Waals surface area contributed by atoms with Gasteiger partial charge in [-0.05, 0) is 50.1 Å². The molecule has 8 heteroatoms. The van der Waals surface area contributed by atoms with Crippen molar-refractivity contribution in [1.82, 2.24) is 25.1 Å². The number of aromatic nitrogens is 5. The first-order chi connectivity index (χ1) is 15.4. The molecule has 0 radical (unpaired) electrons. The van der Waals surface area contributed by atoms with Crippen molar-refractivity contribution in [2.24, 2.45) is 0 Å². The van der Waals surface area contributed by atoms with Gasteiger partial charge in [0, 0.05) is 17.3 Å². The largest absolute Gasteiger partial charge is 0.414 e. The van der Waals surface area contributed by atoms with Crippen LogP contribution in [-0.4, -0.2) is 25.1 Å². The quantitative estimate of drug-likeness (QED) is 0.475. The van der Waals surface area contributed by atoms with E-state index in [9.17, 15) is 5.26 Å². The third kappa shape index (κ3) is 4.18. The Bertz CT molecular complexity index is 1290. The van der Waals surface area contributed by atoms with Gasteiger partial charge < -0.3 is 10.2 Å². The molecule has 0 saturated carbocycles. The highest BCUT2D eigenvalue weighted by molar-refractivity contribution is 5.69. The average molecular weight is 425 g/mol. The second-order valence-corrected chi connectivity index (χ2v) is 8.01. The summed E-state index contributed by atoms with van der Waals surface area (Å²) < 4.78 is 5.86. The molecule has 4 aromatic rings. The molecule has 0 unspecified atom stereocenters. The first-order valence-corrected chi connectivity index (χ1v) is 10.3. The molecular formula is C24H23N7O. The number of nitriles is 1. The van der Waals surface area contributed by atoms with Gasteiger partial charge >= 0.3 is 0 Å². The molecule has 0 aliphatic heterocycles. The van der Waals surface area contributed by atoms with Gasteiger partial charge in [0.05, 0.1) is 29.1 Å². The highest BCUT2D eigenvalue weighted by Gasteiger charge is 2.22. The number of hydrogen-bond acceptors (Lipinski definition) is 8. The summed E-state index contributed by atoms with van der Waals surface area (Å²) in [5.74, 6) is 0.765. The van der Waals surface area contributed by atoms with Gasteiger partial charge in [-0.15, -0.1) is 10.2 Å². The van der Waals surface area contributed by atoms with E-state index in [0.29, 0.717) is 23.0 Å². The van der Waals surface area contributed by atoms with Crippen LogP contribution in [0.2, 0.25) is 0 Å². The Labute approximate surface area is 186 Å². The van der Waals surface area contributed by atoms with Gasteiger partial charge in [-0.25, -0.2) is 9.97 Å². The van der Waals surface area contributed by atoms with Gasteiger partial charge in [0.1, 0.15) is 0 Å². The van der Waals surface area contributed by atoms with Crippen LogP contribution in [0.25, 0.3) is 34.3 Å². The normalized spacial score (nSPS) is 11.3. The zero-order valence-electron chi connectivity index (χ0n) is 18.2. The van der Waals surface area contributed by atoms with E-state index in [1.165, 1.54) is 5.56 Å². The Morgan fingerprint density at radius 3 is 2.50 bits per heavy atom. The van der Waals surface area contributed by atoms with E-state index in [4.69, 9.17) is 10.2 Å². The molecule has 0 fully saturated rings. The Morgan fingerprint density at radius 1 is 1.03 bits per heavy atom. The maximum atomic E-state index is 9.41. The van der Waals surface area contributed by atoms with E-state index in [1.54, 1.807) is 18.5 Å². The molecule has 2 N–H and O–H groups in total. The predicted octanol–water partition coefficient (Wildman–Crippen LogP) is 4.59. The van der Waals surface area contributed by atoms with Crippen LogP contribution in [0, 0.1) is 11.3 Å². The summed E-state index contributed by atoms with van der Waals surface area (Å²) in [6.45, 7) is 5.77. The maximum absolute atomic E-state index is 9.41. The van der Waals surface area contributed by atoms with E-state index < -0.39 is 5.41 Å². The number of nitrogens with two attached hydrogens (primary N) is 1. The van der Waals surface area contributed by atoms with E-state index in [0.717, 1.165) is 24.0 Å². The summed E-state index contributed by atoms with van der Waals surface area (Å²) in [7, 11) is 0. The van der Waals surface area contributed by atoms with Gasteiger partial charge in [-0.3, -0.25) is 4.98 Å². The molecule has 0 aliphatic carbocycles. The fourth-order valence-electron chi connectivity index (χ4n) is 3.22. The zero-order chi connectivity index (χ0) is 22.7. The van der Waals surface area contributed by atoms with Crippen LogP contribution in [0.3, 0.4) is 0 Å². The molecule has 4 rings (SSSR count). The molecule has 0 bridgehead atoms. The van der Waals surface area contributed by atoms with Crippen molar-refractivity contribution in [3.8, 4) is 40.4 Å². The van der Waals surface area contributed by atoms with Crippen LogP contribution in [0.1, 0.15) is 38.4 Å². The first kappa shape index (κ1) is 21.1. The topological polar surface area (TPSA) is 127 Å². The second-order valence-electron chi connectivity index (χ2n) is 8.01. The van der Waals surface area contributed by atoms with Crippen molar-refractivity contribution in [1.29, 1.82) is 5.26 Å². The van der Waals surface area contributed by atoms with Crippen LogP contribution in [0.4, 0.5) is 5.82 Å². The van der Waals surface area contributed by atoms with Crippen molar-refractivity contribution in [3.63, 3.8) is 0 Å². The molecule has 0 aliphatic rings. The Kier molecular flexibility index (Phi) is 5.65. The Morgan fingerprint density at radius 2 is 1.78 bits per heavy atom. The van der Waals surface area contributed by atoms with Gasteiger partial charge in [0.2, 0.25) is 5.89 Å². The lowest BCUT2D eigenvalue weighted by Crippen LogP contribution is -2.15. The van der Waals surface area contributed by atoms with Crippen molar-refractivity contribution in [2.75, 3.05) is 5.73 Å². The molecule has 0 atom stereocenters. The third-order valence-electron chi connectivity index (χ3n) is 5.14. The molecule has 32 heavy (non-hydrogen) atoms. The molecule has 3 aromatic heterocycles. The fourth-order valence-corrected chi connectivity index (χ4v) is 3.22. The standard InChI is InChI=1S/C24H23N7O/c1-4-5-15-6-8-16(9-7-15)22-30-31-23(32-22)20-21(26)28-13-18(29-20)17-10-11-27-19(12-17)24(2,3)14-25/h6-13H,4-5H2,1-3H3,(H2,26,28). The minimum atomic E-state index is -0.728. The number of aryl methyl sites for hydroxylation is 1. The number of benzene rings is 1. The first-order valence-electron chi connectivity index (χ1n) is 10.3. The number of nitrogens with zero attached hydrogens (tertiary/aromatic N) is 6. The second kappa shape index (κ2) is 8.55. The summed E-state index contributed by atoms with van der Waals surface area (Å²) >= 11 is 0. The number of nitrogen functional groups attached to an aromatic ring is 1. The van der Waals surface area contributed by atoms with Gasteiger partial charge in [0.15, 0.2) is 11.5 Å². The number of hydrogen-bond donors (Lipinski definition) is 1. The lowest BCUT2D eigenvalue weighted by molar-refractivity contribution is 0.582. The van der Waals surface area contributed by atoms with Gasteiger partial charge in [0.25, 0.3) is 5.89 Å². The van der Waals surface area contributed by atoms with Crippen LogP contribution in [-0.2, 0) is 11.8 Å². The highest BCUT2D eigenvalue weighted by Crippen LogP contribution is 2.29. The summed E-state index contributed by atoms with van der Waals surface area (Å²) in [5.41, 5.74) is 9.70. The number of anilines is 1. The zero-order valence-corrected chi connectivity index (χ0v) is 18.2.